The Kier molecular flexibility index (Phi) is 4.60. The molecule has 45 heavy (non-hydrogen) atoms. The molecular formula is C44H33N. The van der Waals surface area contributed by atoms with Crippen molar-refractivity contribution in [2.45, 2.75) is 45.4 Å². The number of pyridine rings is 1. The van der Waals surface area contributed by atoms with E-state index in [9.17, 15) is 0 Å². The third kappa shape index (κ3) is 3.16. The molecule has 1 aromatic heterocycles. The van der Waals surface area contributed by atoms with Crippen LogP contribution in [0.15, 0.2) is 109 Å². The molecule has 7 aromatic carbocycles. The van der Waals surface area contributed by atoms with E-state index < -0.39 is 0 Å². The van der Waals surface area contributed by atoms with Crippen molar-refractivity contribution < 1.29 is 0 Å². The van der Waals surface area contributed by atoms with Crippen LogP contribution in [0.4, 0.5) is 0 Å². The molecule has 0 saturated heterocycles. The van der Waals surface area contributed by atoms with E-state index in [1.807, 2.05) is 12.4 Å². The molecule has 1 heteroatoms. The first-order valence-electron chi connectivity index (χ1n) is 16.1. The van der Waals surface area contributed by atoms with Gasteiger partial charge in [0.15, 0.2) is 0 Å². The van der Waals surface area contributed by atoms with Crippen LogP contribution in [-0.2, 0) is 10.8 Å². The predicted molar refractivity (Wildman–Crippen MR) is 192 cm³/mol. The maximum atomic E-state index is 4.44. The Morgan fingerprint density at radius 1 is 0.533 bits per heavy atom. The number of aromatic nitrogens is 1. The highest BCUT2D eigenvalue weighted by Crippen LogP contribution is 2.55. The van der Waals surface area contributed by atoms with Gasteiger partial charge in [-0.25, -0.2) is 0 Å². The summed E-state index contributed by atoms with van der Waals surface area (Å²) in [6.07, 6.45) is 3.92. The maximum absolute atomic E-state index is 4.44. The van der Waals surface area contributed by atoms with Crippen LogP contribution in [0.5, 0.6) is 0 Å². The van der Waals surface area contributed by atoms with E-state index in [0.717, 1.165) is 0 Å². The van der Waals surface area contributed by atoms with Crippen molar-refractivity contribution in [3.63, 3.8) is 0 Å². The highest BCUT2D eigenvalue weighted by molar-refractivity contribution is 6.27. The molecule has 214 valence electrons. The van der Waals surface area contributed by atoms with Crippen molar-refractivity contribution in [2.75, 3.05) is 0 Å². The largest absolute Gasteiger partial charge is 0.264 e. The minimum absolute atomic E-state index is 0.110. The Bertz CT molecular complexity index is 2540. The van der Waals surface area contributed by atoms with Gasteiger partial charge in [0.2, 0.25) is 0 Å². The Morgan fingerprint density at radius 3 is 2.04 bits per heavy atom. The van der Waals surface area contributed by atoms with Gasteiger partial charge in [0, 0.05) is 23.4 Å². The summed E-state index contributed by atoms with van der Waals surface area (Å²) < 4.78 is 0. The Hall–Kier alpha value is -5.01. The molecule has 0 bridgehead atoms. The third-order valence-corrected chi connectivity index (χ3v) is 11.0. The second-order valence-corrected chi connectivity index (χ2v) is 14.8. The molecule has 2 aliphatic carbocycles. The topological polar surface area (TPSA) is 12.9 Å². The predicted octanol–water partition coefficient (Wildman–Crippen LogP) is 12.1. The molecule has 0 atom stereocenters. The van der Waals surface area contributed by atoms with E-state index in [2.05, 4.69) is 137 Å². The fraction of sp³-hybridized carbons (Fsp3) is 0.159. The first-order chi connectivity index (χ1) is 21.7. The van der Waals surface area contributed by atoms with Crippen LogP contribution in [0.25, 0.3) is 87.6 Å². The lowest BCUT2D eigenvalue weighted by molar-refractivity contribution is 0.591. The molecule has 1 heterocycles. The third-order valence-electron chi connectivity index (χ3n) is 11.0. The Balaban J connectivity index is 1.20. The monoisotopic (exact) mass is 575 g/mol. The zero-order valence-corrected chi connectivity index (χ0v) is 26.3. The van der Waals surface area contributed by atoms with Crippen LogP contribution in [0.3, 0.4) is 0 Å². The zero-order valence-electron chi connectivity index (χ0n) is 26.3. The normalized spacial score (nSPS) is 14.5. The van der Waals surface area contributed by atoms with Gasteiger partial charge in [-0.3, -0.25) is 4.98 Å². The first-order valence-corrected chi connectivity index (χ1v) is 16.1. The molecular weight excluding hydrogens is 542 g/mol. The van der Waals surface area contributed by atoms with Gasteiger partial charge >= 0.3 is 0 Å². The van der Waals surface area contributed by atoms with Crippen LogP contribution in [0.1, 0.15) is 51.3 Å². The second-order valence-electron chi connectivity index (χ2n) is 14.8. The molecule has 10 rings (SSSR count). The number of hydrogen-bond acceptors (Lipinski definition) is 1. The summed E-state index contributed by atoms with van der Waals surface area (Å²) >= 11 is 0. The molecule has 0 amide bonds. The number of fused-ring (bicyclic) bond motifs is 7. The van der Waals surface area contributed by atoms with Crippen molar-refractivity contribution in [3.8, 4) is 44.5 Å². The minimum Gasteiger partial charge on any atom is -0.264 e. The van der Waals surface area contributed by atoms with Gasteiger partial charge < -0.3 is 0 Å². The average Bonchev–Trinajstić information content (AvgIpc) is 3.48. The average molecular weight is 576 g/mol. The summed E-state index contributed by atoms with van der Waals surface area (Å²) in [7, 11) is 0. The van der Waals surface area contributed by atoms with Gasteiger partial charge in [0.05, 0.1) is 0 Å². The highest BCUT2D eigenvalue weighted by Gasteiger charge is 2.37. The van der Waals surface area contributed by atoms with E-state index in [1.165, 1.54) is 104 Å². The Morgan fingerprint density at radius 2 is 1.24 bits per heavy atom. The molecule has 2 aliphatic rings. The second kappa shape index (κ2) is 8.17. The number of benzene rings is 7. The van der Waals surface area contributed by atoms with Crippen molar-refractivity contribution in [1.82, 2.24) is 4.98 Å². The highest BCUT2D eigenvalue weighted by atomic mass is 14.6. The molecule has 1 nitrogen and oxygen atoms in total. The summed E-state index contributed by atoms with van der Waals surface area (Å²) in [5, 5.41) is 10.9. The summed E-state index contributed by atoms with van der Waals surface area (Å²) in [6.45, 7) is 11.7. The SMILES string of the molecule is CC(C)(C)c1cc2ccc3cc4c(c5ccc(c1)c2c35)-c1ccc(-c2ccc3c5c(cccc25)-c2ccncc2-3)cc1C4(C)C. The lowest BCUT2D eigenvalue weighted by Crippen LogP contribution is -2.15. The molecule has 0 aliphatic heterocycles. The van der Waals surface area contributed by atoms with Gasteiger partial charge in [-0.15, -0.1) is 0 Å². The smallest absolute Gasteiger partial charge is 0.0352 e. The van der Waals surface area contributed by atoms with Gasteiger partial charge in [-0.2, -0.15) is 0 Å². The molecule has 0 fully saturated rings. The van der Waals surface area contributed by atoms with E-state index >= 15 is 0 Å². The fourth-order valence-corrected chi connectivity index (χ4v) is 8.65. The summed E-state index contributed by atoms with van der Waals surface area (Å²) in [6, 6.07) is 37.5. The van der Waals surface area contributed by atoms with Crippen LogP contribution < -0.4 is 0 Å². The lowest BCUT2D eigenvalue weighted by atomic mass is 9.79. The fourth-order valence-electron chi connectivity index (χ4n) is 8.65. The standard InChI is InChI=1S/C44H33N/c1-43(2,3)28-19-25-9-10-27-22-38-42(35-14-12-26(20-28)39(25)40(27)35)34-13-11-24(21-37(34)44(38,4)5)29-15-16-33-36-23-45-18-17-30(36)32-8-6-7-31(29)41(32)33/h6-23H,1-5H3. The van der Waals surface area contributed by atoms with E-state index in [4.69, 9.17) is 0 Å². The van der Waals surface area contributed by atoms with Crippen molar-refractivity contribution in [1.29, 1.82) is 0 Å². The molecule has 0 saturated carbocycles. The quantitative estimate of drug-likeness (QED) is 0.177. The van der Waals surface area contributed by atoms with Crippen LogP contribution >= 0.6 is 0 Å². The zero-order chi connectivity index (χ0) is 30.4. The van der Waals surface area contributed by atoms with Crippen molar-refractivity contribution in [3.05, 3.63) is 126 Å². The molecule has 0 radical (unpaired) electrons. The van der Waals surface area contributed by atoms with Crippen molar-refractivity contribution in [2.24, 2.45) is 0 Å². The Labute approximate surface area is 263 Å². The summed E-state index contributed by atoms with van der Waals surface area (Å²) in [4.78, 5) is 4.44. The van der Waals surface area contributed by atoms with Gasteiger partial charge in [-0.1, -0.05) is 113 Å². The first kappa shape index (κ1) is 25.3. The summed E-state index contributed by atoms with van der Waals surface area (Å²) in [5.41, 5.74) is 14.7. The molecule has 8 aromatic rings. The van der Waals surface area contributed by atoms with Crippen LogP contribution in [0.2, 0.25) is 0 Å². The summed E-state index contributed by atoms with van der Waals surface area (Å²) in [5.74, 6) is 0. The van der Waals surface area contributed by atoms with Crippen LogP contribution in [-0.4, -0.2) is 4.98 Å². The lowest BCUT2D eigenvalue weighted by Gasteiger charge is -2.24. The van der Waals surface area contributed by atoms with Gasteiger partial charge in [0.25, 0.3) is 0 Å². The van der Waals surface area contributed by atoms with Gasteiger partial charge in [0.1, 0.15) is 0 Å². The van der Waals surface area contributed by atoms with Crippen LogP contribution in [0, 0.1) is 0 Å². The van der Waals surface area contributed by atoms with Crippen molar-refractivity contribution >= 4 is 43.1 Å². The minimum atomic E-state index is -0.110. The molecule has 0 unspecified atom stereocenters. The molecule has 0 spiro atoms. The molecule has 0 N–H and O–H groups in total. The maximum Gasteiger partial charge on any atom is 0.0352 e. The number of rotatable bonds is 1. The number of nitrogens with zero attached hydrogens (tertiary/aromatic N) is 1. The van der Waals surface area contributed by atoms with Gasteiger partial charge in [-0.05, 0) is 122 Å². The van der Waals surface area contributed by atoms with E-state index in [-0.39, 0.29) is 10.8 Å². The number of hydrogen-bond donors (Lipinski definition) is 0. The van der Waals surface area contributed by atoms with E-state index in [0.29, 0.717) is 0 Å². The van der Waals surface area contributed by atoms with E-state index in [1.54, 1.807) is 0 Å².